The summed E-state index contributed by atoms with van der Waals surface area (Å²) in [6, 6.07) is 9.29. The van der Waals surface area contributed by atoms with Crippen LogP contribution in [0.5, 0.6) is 0 Å². The van der Waals surface area contributed by atoms with Crippen LogP contribution in [-0.2, 0) is 14.3 Å². The lowest BCUT2D eigenvalue weighted by molar-refractivity contribution is -0.0881. The molecular formula is C31H45NO3S. The number of nitrogens with zero attached hydrogens (tertiary/aromatic N) is 1. The second-order valence-electron chi connectivity index (χ2n) is 14.1. The van der Waals surface area contributed by atoms with Gasteiger partial charge in [-0.05, 0) is 130 Å². The summed E-state index contributed by atoms with van der Waals surface area (Å²) < 4.78 is 31.4. The van der Waals surface area contributed by atoms with Gasteiger partial charge in [-0.1, -0.05) is 38.5 Å². The maximum absolute atomic E-state index is 12.9. The molecule has 0 heterocycles. The lowest BCUT2D eigenvalue weighted by atomic mass is 9.47. The molecule has 0 aliphatic heterocycles. The highest BCUT2D eigenvalue weighted by Gasteiger charge is 2.61. The van der Waals surface area contributed by atoms with Gasteiger partial charge in [-0.3, -0.25) is 4.18 Å². The molecule has 8 atom stereocenters. The van der Waals surface area contributed by atoms with Gasteiger partial charge in [-0.25, -0.2) is 0 Å². The van der Waals surface area contributed by atoms with Gasteiger partial charge in [0.05, 0.1) is 23.0 Å². The first-order chi connectivity index (χ1) is 16.9. The molecule has 4 fully saturated rings. The van der Waals surface area contributed by atoms with E-state index < -0.39 is 15.5 Å². The second-order valence-corrected chi connectivity index (χ2v) is 15.7. The van der Waals surface area contributed by atoms with Crippen LogP contribution in [0.4, 0.5) is 0 Å². The Morgan fingerprint density at radius 3 is 2.36 bits per heavy atom. The van der Waals surface area contributed by atoms with Gasteiger partial charge in [0.1, 0.15) is 0 Å². The topological polar surface area (TPSA) is 67.2 Å². The third-order valence-electron chi connectivity index (χ3n) is 11.3. The van der Waals surface area contributed by atoms with Crippen LogP contribution in [0.2, 0.25) is 0 Å². The molecule has 5 rings (SSSR count). The quantitative estimate of drug-likeness (QED) is 0.383. The summed E-state index contributed by atoms with van der Waals surface area (Å²) in [4.78, 5) is 0.164. The van der Waals surface area contributed by atoms with Crippen LogP contribution in [0.1, 0.15) is 91.0 Å². The Morgan fingerprint density at radius 2 is 1.67 bits per heavy atom. The van der Waals surface area contributed by atoms with E-state index in [9.17, 15) is 13.7 Å². The van der Waals surface area contributed by atoms with Crippen LogP contribution in [0.15, 0.2) is 29.2 Å². The van der Waals surface area contributed by atoms with E-state index in [1.165, 1.54) is 44.9 Å². The normalized spacial score (nSPS) is 39.2. The van der Waals surface area contributed by atoms with Crippen molar-refractivity contribution in [2.75, 3.05) is 6.61 Å². The molecule has 0 spiro atoms. The SMILES string of the molecule is Cc1ccc(S(=O)(=O)OCC(C)(C#N)[C@H]2CC[C@H]3[C@@H]4CC[C@@H]5CC(C)(C)CC[C@@H]5[C@H]4CC[C@]23C)cc1. The molecule has 4 saturated carbocycles. The third kappa shape index (κ3) is 4.45. The van der Waals surface area contributed by atoms with Crippen molar-refractivity contribution < 1.29 is 12.6 Å². The molecule has 1 unspecified atom stereocenters. The summed E-state index contributed by atoms with van der Waals surface area (Å²) in [5.74, 6) is 4.24. The van der Waals surface area contributed by atoms with Crippen molar-refractivity contribution in [2.45, 2.75) is 97.3 Å². The fourth-order valence-electron chi connectivity index (χ4n) is 9.54. The summed E-state index contributed by atoms with van der Waals surface area (Å²) >= 11 is 0. The van der Waals surface area contributed by atoms with E-state index in [-0.39, 0.29) is 22.8 Å². The Labute approximate surface area is 219 Å². The Kier molecular flexibility index (Phi) is 6.65. The van der Waals surface area contributed by atoms with Gasteiger partial charge in [0.15, 0.2) is 0 Å². The highest BCUT2D eigenvalue weighted by molar-refractivity contribution is 7.86. The van der Waals surface area contributed by atoms with E-state index in [2.05, 4.69) is 26.8 Å². The van der Waals surface area contributed by atoms with Gasteiger partial charge >= 0.3 is 0 Å². The predicted molar refractivity (Wildman–Crippen MR) is 142 cm³/mol. The first-order valence-electron chi connectivity index (χ1n) is 14.3. The number of nitriles is 1. The summed E-state index contributed by atoms with van der Waals surface area (Å²) in [7, 11) is -3.89. The first-order valence-corrected chi connectivity index (χ1v) is 15.7. The molecule has 198 valence electrons. The molecule has 4 aliphatic rings. The minimum absolute atomic E-state index is 0.0689. The zero-order chi connectivity index (χ0) is 25.9. The van der Waals surface area contributed by atoms with Crippen LogP contribution in [0.3, 0.4) is 0 Å². The molecule has 0 saturated heterocycles. The second kappa shape index (κ2) is 9.12. The van der Waals surface area contributed by atoms with E-state index in [0.29, 0.717) is 11.3 Å². The molecule has 0 bridgehead atoms. The first kappa shape index (κ1) is 26.2. The maximum Gasteiger partial charge on any atom is 0.297 e. The lowest BCUT2D eigenvalue weighted by Gasteiger charge is -2.58. The molecule has 5 heteroatoms. The van der Waals surface area contributed by atoms with E-state index in [1.54, 1.807) is 24.3 Å². The molecule has 36 heavy (non-hydrogen) atoms. The largest absolute Gasteiger partial charge is 0.297 e. The summed E-state index contributed by atoms with van der Waals surface area (Å²) in [5.41, 5.74) is 0.773. The summed E-state index contributed by atoms with van der Waals surface area (Å²) in [5, 5.41) is 10.4. The van der Waals surface area contributed by atoms with Crippen LogP contribution in [0.25, 0.3) is 0 Å². The van der Waals surface area contributed by atoms with Crippen LogP contribution >= 0.6 is 0 Å². The molecule has 1 aromatic carbocycles. The molecule has 0 aromatic heterocycles. The lowest BCUT2D eigenvalue weighted by Crippen LogP contribution is -2.51. The summed E-state index contributed by atoms with van der Waals surface area (Å²) in [6.07, 6.45) is 11.5. The molecule has 0 radical (unpaired) electrons. The van der Waals surface area contributed by atoms with Crippen LogP contribution < -0.4 is 0 Å². The van der Waals surface area contributed by atoms with E-state index in [1.807, 2.05) is 13.8 Å². The van der Waals surface area contributed by atoms with Crippen molar-refractivity contribution in [2.24, 2.45) is 51.8 Å². The van der Waals surface area contributed by atoms with Crippen LogP contribution in [0, 0.1) is 70.0 Å². The molecular weight excluding hydrogens is 466 g/mol. The zero-order valence-electron chi connectivity index (χ0n) is 22.9. The highest BCUT2D eigenvalue weighted by Crippen LogP contribution is 2.67. The average Bonchev–Trinajstić information content (AvgIpc) is 3.20. The zero-order valence-corrected chi connectivity index (χ0v) is 23.7. The van der Waals surface area contributed by atoms with Gasteiger partial charge < -0.3 is 0 Å². The predicted octanol–water partition coefficient (Wildman–Crippen LogP) is 7.53. The number of benzene rings is 1. The number of aryl methyl sites for hydroxylation is 1. The minimum Gasteiger partial charge on any atom is -0.265 e. The van der Waals surface area contributed by atoms with Crippen molar-refractivity contribution in [1.82, 2.24) is 0 Å². The van der Waals surface area contributed by atoms with E-state index in [0.717, 1.165) is 42.1 Å². The van der Waals surface area contributed by atoms with Gasteiger partial charge in [0, 0.05) is 0 Å². The standard InChI is InChI=1S/C31H45NO3S/c1-21-6-9-23(10-7-21)36(33,34)35-20-30(4,19-32)28-13-12-27-26-11-8-22-18-29(2,3)16-14-24(22)25(26)15-17-31(27,28)5/h6-7,9-10,22,24-28H,8,11-18,20H2,1-5H3/t22-,24+,25-,26-,27+,28-,30?,31+/m1/s1. The van der Waals surface area contributed by atoms with Crippen molar-refractivity contribution in [1.29, 1.82) is 5.26 Å². The fraction of sp³-hybridized carbons (Fsp3) is 0.774. The van der Waals surface area contributed by atoms with E-state index >= 15 is 0 Å². The highest BCUT2D eigenvalue weighted by atomic mass is 32.2. The molecule has 1 aromatic rings. The molecule has 0 amide bonds. The number of hydrogen-bond acceptors (Lipinski definition) is 4. The molecule has 4 aliphatic carbocycles. The van der Waals surface area contributed by atoms with Crippen LogP contribution in [-0.4, -0.2) is 15.0 Å². The van der Waals surface area contributed by atoms with Crippen molar-refractivity contribution >= 4 is 10.1 Å². The maximum atomic E-state index is 12.9. The van der Waals surface area contributed by atoms with Gasteiger partial charge in [-0.15, -0.1) is 0 Å². The molecule has 0 N–H and O–H groups in total. The Hall–Kier alpha value is -1.38. The van der Waals surface area contributed by atoms with Gasteiger partial charge in [-0.2, -0.15) is 13.7 Å². The van der Waals surface area contributed by atoms with Crippen molar-refractivity contribution in [3.63, 3.8) is 0 Å². The average molecular weight is 512 g/mol. The monoisotopic (exact) mass is 511 g/mol. The summed E-state index contributed by atoms with van der Waals surface area (Å²) in [6.45, 7) is 11.1. The third-order valence-corrected chi connectivity index (χ3v) is 12.6. The molecule has 4 nitrogen and oxygen atoms in total. The number of hydrogen-bond donors (Lipinski definition) is 0. The Bertz CT molecular complexity index is 1120. The van der Waals surface area contributed by atoms with E-state index in [4.69, 9.17) is 4.18 Å². The van der Waals surface area contributed by atoms with Gasteiger partial charge in [0.2, 0.25) is 0 Å². The fourth-order valence-corrected chi connectivity index (χ4v) is 10.5. The Balaban J connectivity index is 1.32. The Morgan fingerprint density at radius 1 is 0.972 bits per heavy atom. The smallest absolute Gasteiger partial charge is 0.265 e. The minimum atomic E-state index is -3.89. The number of fused-ring (bicyclic) bond motifs is 5. The number of rotatable bonds is 5. The van der Waals surface area contributed by atoms with Gasteiger partial charge in [0.25, 0.3) is 10.1 Å². The van der Waals surface area contributed by atoms with Crippen molar-refractivity contribution in [3.8, 4) is 6.07 Å². The van der Waals surface area contributed by atoms with Crippen molar-refractivity contribution in [3.05, 3.63) is 29.8 Å².